The molecule has 0 bridgehead atoms. The van der Waals surface area contributed by atoms with E-state index in [1.807, 2.05) is 17.6 Å². The molecule has 5 heterocycles. The van der Waals surface area contributed by atoms with E-state index in [1.165, 1.54) is 15.6 Å². The number of anilines is 2. The molecule has 0 spiro atoms. The van der Waals surface area contributed by atoms with Crippen LogP contribution in [0.2, 0.25) is 0 Å². The van der Waals surface area contributed by atoms with Crippen molar-refractivity contribution < 1.29 is 13.5 Å². The zero-order valence-corrected chi connectivity index (χ0v) is 19.8. The van der Waals surface area contributed by atoms with Gasteiger partial charge in [-0.15, -0.1) is 11.3 Å². The predicted molar refractivity (Wildman–Crippen MR) is 126 cm³/mol. The van der Waals surface area contributed by atoms with Gasteiger partial charge in [-0.1, -0.05) is 0 Å². The van der Waals surface area contributed by atoms with Gasteiger partial charge in [0.05, 0.1) is 65.9 Å². The number of nitrogens with one attached hydrogen (secondary N) is 1. The Balaban J connectivity index is 1.48. The highest BCUT2D eigenvalue weighted by molar-refractivity contribution is 7.88. The van der Waals surface area contributed by atoms with E-state index in [9.17, 15) is 13.7 Å². The first kappa shape index (κ1) is 22.4. The van der Waals surface area contributed by atoms with Gasteiger partial charge in [-0.3, -0.25) is 9.36 Å². The highest BCUT2D eigenvalue weighted by Crippen LogP contribution is 2.36. The van der Waals surface area contributed by atoms with Crippen LogP contribution in [0.15, 0.2) is 36.2 Å². The first-order valence-corrected chi connectivity index (χ1v) is 13.1. The van der Waals surface area contributed by atoms with Crippen LogP contribution in [0.25, 0.3) is 21.5 Å². The van der Waals surface area contributed by atoms with Crippen molar-refractivity contribution in [1.82, 2.24) is 33.8 Å². The second-order valence-corrected chi connectivity index (χ2v) is 11.0. The van der Waals surface area contributed by atoms with Crippen LogP contribution < -0.4 is 5.32 Å². The molecular weight excluding hydrogens is 478 g/mol. The average molecular weight is 500 g/mol. The Hall–Kier alpha value is -3.38. The standard InChI is InChI=1S/C20H21N9O3S2/c1-34(31,32)28-12-20(13-28,3-4-21)29-10-14(8-23-29)17-18-16(2-7-33-18)25-19(26-17)24-15-9-22-27(11-15)5-6-30/h2,7-11,30H,3,5-6,12-13H2,1H3,(H,24,25,26). The number of nitriles is 1. The second kappa shape index (κ2) is 8.44. The van der Waals surface area contributed by atoms with Gasteiger partial charge in [0, 0.05) is 31.0 Å². The summed E-state index contributed by atoms with van der Waals surface area (Å²) in [5.41, 5.74) is 2.17. The van der Waals surface area contributed by atoms with Crippen LogP contribution in [-0.2, 0) is 22.1 Å². The number of thiophene rings is 1. The minimum absolute atomic E-state index is 0.0120. The number of fused-ring (bicyclic) bond motifs is 1. The summed E-state index contributed by atoms with van der Waals surface area (Å²) in [6.07, 6.45) is 8.17. The molecule has 0 amide bonds. The summed E-state index contributed by atoms with van der Waals surface area (Å²) in [6, 6.07) is 4.07. The topological polar surface area (TPSA) is 155 Å². The zero-order valence-electron chi connectivity index (χ0n) is 18.2. The van der Waals surface area contributed by atoms with Gasteiger partial charge in [0.25, 0.3) is 0 Å². The number of rotatable bonds is 8. The lowest BCUT2D eigenvalue weighted by atomic mass is 9.89. The van der Waals surface area contributed by atoms with Gasteiger partial charge in [0.2, 0.25) is 16.0 Å². The summed E-state index contributed by atoms with van der Waals surface area (Å²) >= 11 is 1.51. The van der Waals surface area contributed by atoms with E-state index in [1.54, 1.807) is 28.0 Å². The maximum atomic E-state index is 11.9. The number of aliphatic hydroxyl groups is 1. The summed E-state index contributed by atoms with van der Waals surface area (Å²) in [5.74, 6) is 0.385. The smallest absolute Gasteiger partial charge is 0.228 e. The Kier molecular flexibility index (Phi) is 5.56. The Morgan fingerprint density at radius 1 is 1.26 bits per heavy atom. The fourth-order valence-electron chi connectivity index (χ4n) is 3.93. The number of aromatic nitrogens is 6. The molecular formula is C20H21N9O3S2. The molecule has 4 aromatic heterocycles. The molecule has 0 aliphatic carbocycles. The number of hydrogen-bond acceptors (Lipinski definition) is 10. The van der Waals surface area contributed by atoms with Gasteiger partial charge >= 0.3 is 0 Å². The first-order chi connectivity index (χ1) is 16.3. The Labute approximate surface area is 199 Å². The molecule has 1 fully saturated rings. The largest absolute Gasteiger partial charge is 0.394 e. The summed E-state index contributed by atoms with van der Waals surface area (Å²) < 4.78 is 29.3. The van der Waals surface area contributed by atoms with E-state index in [0.29, 0.717) is 23.9 Å². The summed E-state index contributed by atoms with van der Waals surface area (Å²) in [6.45, 7) is 0.770. The molecule has 0 radical (unpaired) electrons. The van der Waals surface area contributed by atoms with Gasteiger partial charge in [0.15, 0.2) is 0 Å². The lowest BCUT2D eigenvalue weighted by Gasteiger charge is -2.47. The monoisotopic (exact) mass is 499 g/mol. The molecule has 34 heavy (non-hydrogen) atoms. The van der Waals surface area contributed by atoms with E-state index in [-0.39, 0.29) is 26.1 Å². The van der Waals surface area contributed by atoms with Crippen molar-refractivity contribution in [2.45, 2.75) is 18.5 Å². The normalized spacial score (nSPS) is 15.8. The van der Waals surface area contributed by atoms with Crippen LogP contribution in [-0.4, -0.2) is 73.3 Å². The van der Waals surface area contributed by atoms with Gasteiger partial charge < -0.3 is 10.4 Å². The second-order valence-electron chi connectivity index (χ2n) is 8.14. The van der Waals surface area contributed by atoms with Crippen LogP contribution in [0.1, 0.15) is 6.42 Å². The third-order valence-electron chi connectivity index (χ3n) is 5.68. The predicted octanol–water partition coefficient (Wildman–Crippen LogP) is 1.37. The molecule has 4 aromatic rings. The van der Waals surface area contributed by atoms with E-state index in [2.05, 4.69) is 26.6 Å². The number of sulfonamides is 1. The number of hydrogen-bond donors (Lipinski definition) is 2. The van der Waals surface area contributed by atoms with Crippen molar-refractivity contribution >= 4 is 43.2 Å². The van der Waals surface area contributed by atoms with Gasteiger partial charge in [-0.25, -0.2) is 18.4 Å². The van der Waals surface area contributed by atoms with Crippen molar-refractivity contribution in [2.75, 3.05) is 31.3 Å². The molecule has 0 aromatic carbocycles. The lowest BCUT2D eigenvalue weighted by molar-refractivity contribution is 0.0724. The van der Waals surface area contributed by atoms with Gasteiger partial charge in [-0.05, 0) is 11.4 Å². The molecule has 1 aliphatic rings. The molecule has 1 aliphatic heterocycles. The SMILES string of the molecule is CS(=O)(=O)N1CC(CC#N)(n2cc(-c3nc(Nc4cnn(CCO)c4)nc4ccsc34)cn2)C1. The maximum absolute atomic E-state index is 11.9. The van der Waals surface area contributed by atoms with Crippen molar-refractivity contribution in [3.8, 4) is 17.3 Å². The van der Waals surface area contributed by atoms with E-state index >= 15 is 0 Å². The van der Waals surface area contributed by atoms with E-state index in [4.69, 9.17) is 10.1 Å². The van der Waals surface area contributed by atoms with Crippen LogP contribution in [0.3, 0.4) is 0 Å². The van der Waals surface area contributed by atoms with Crippen molar-refractivity contribution in [1.29, 1.82) is 5.26 Å². The zero-order chi connectivity index (χ0) is 23.9. The minimum atomic E-state index is -3.33. The molecule has 1 saturated heterocycles. The summed E-state index contributed by atoms with van der Waals surface area (Å²) in [4.78, 5) is 9.29. The minimum Gasteiger partial charge on any atom is -0.394 e. The van der Waals surface area contributed by atoms with Gasteiger partial charge in [0.1, 0.15) is 5.54 Å². The highest BCUT2D eigenvalue weighted by atomic mass is 32.2. The highest BCUT2D eigenvalue weighted by Gasteiger charge is 2.49. The van der Waals surface area contributed by atoms with E-state index < -0.39 is 15.6 Å². The quantitative estimate of drug-likeness (QED) is 0.366. The van der Waals surface area contributed by atoms with Crippen LogP contribution in [0.5, 0.6) is 0 Å². The summed E-state index contributed by atoms with van der Waals surface area (Å²) in [7, 11) is -3.33. The third-order valence-corrected chi connectivity index (χ3v) is 7.79. The fraction of sp³-hybridized carbons (Fsp3) is 0.350. The molecule has 0 atom stereocenters. The molecule has 0 unspecified atom stereocenters. The average Bonchev–Trinajstić information content (AvgIpc) is 3.50. The number of nitrogens with zero attached hydrogens (tertiary/aromatic N) is 8. The maximum Gasteiger partial charge on any atom is 0.228 e. The molecule has 0 saturated carbocycles. The van der Waals surface area contributed by atoms with Crippen molar-refractivity contribution in [2.24, 2.45) is 0 Å². The Bertz CT molecular complexity index is 1490. The van der Waals surface area contributed by atoms with E-state index in [0.717, 1.165) is 22.0 Å². The molecule has 176 valence electrons. The third kappa shape index (κ3) is 4.03. The van der Waals surface area contributed by atoms with Crippen molar-refractivity contribution in [3.63, 3.8) is 0 Å². The van der Waals surface area contributed by atoms with Gasteiger partial charge in [-0.2, -0.15) is 19.8 Å². The van der Waals surface area contributed by atoms with Crippen LogP contribution in [0, 0.1) is 11.3 Å². The Morgan fingerprint density at radius 2 is 2.09 bits per heavy atom. The summed E-state index contributed by atoms with van der Waals surface area (Å²) in [5, 5.41) is 32.2. The molecule has 5 rings (SSSR count). The van der Waals surface area contributed by atoms with Crippen molar-refractivity contribution in [3.05, 3.63) is 36.2 Å². The van der Waals surface area contributed by atoms with Crippen LogP contribution >= 0.6 is 11.3 Å². The molecule has 2 N–H and O–H groups in total. The number of aliphatic hydroxyl groups excluding tert-OH is 1. The fourth-order valence-corrected chi connectivity index (χ4v) is 5.72. The molecule has 14 heteroatoms. The first-order valence-electron chi connectivity index (χ1n) is 10.3. The van der Waals surface area contributed by atoms with Crippen LogP contribution in [0.4, 0.5) is 11.6 Å². The Morgan fingerprint density at radius 3 is 2.82 bits per heavy atom. The lowest BCUT2D eigenvalue weighted by Crippen LogP contribution is -2.63. The molecule has 12 nitrogen and oxygen atoms in total.